The highest BCUT2D eigenvalue weighted by atomic mass is 32.2. The fraction of sp³-hybridized carbons (Fsp3) is 1.00. The molecule has 0 radical (unpaired) electrons. The van der Waals surface area contributed by atoms with Crippen LogP contribution in [0.15, 0.2) is 0 Å². The van der Waals surface area contributed by atoms with Crippen LogP contribution in [0.4, 0.5) is 0 Å². The predicted octanol–water partition coefficient (Wildman–Crippen LogP) is 4.09. The monoisotopic (exact) mass is 215 g/mol. The van der Waals surface area contributed by atoms with Crippen LogP contribution in [0, 0.1) is 0 Å². The fourth-order valence-corrected chi connectivity index (χ4v) is 3.75. The van der Waals surface area contributed by atoms with E-state index in [0.29, 0.717) is 11.1 Å². The molecule has 1 aliphatic rings. The topological polar surface area (TPSA) is 3.24 Å². The molecule has 0 unspecified atom stereocenters. The highest BCUT2D eigenvalue weighted by molar-refractivity contribution is 7.97. The Hall–Kier alpha value is 0.310. The molecule has 0 aromatic heterocycles. The molecule has 14 heavy (non-hydrogen) atoms. The fourth-order valence-electron chi connectivity index (χ4n) is 2.51. The van der Waals surface area contributed by atoms with E-state index in [0.717, 1.165) is 0 Å². The highest BCUT2D eigenvalue weighted by Gasteiger charge is 2.41. The third-order valence-corrected chi connectivity index (χ3v) is 4.94. The van der Waals surface area contributed by atoms with Crippen molar-refractivity contribution in [3.63, 3.8) is 0 Å². The first-order valence-corrected chi connectivity index (χ1v) is 6.78. The number of hydrogen-bond donors (Lipinski definition) is 0. The third kappa shape index (κ3) is 2.66. The van der Waals surface area contributed by atoms with Crippen LogP contribution in [0.1, 0.15) is 60.3 Å². The normalized spacial score (nSPS) is 26.4. The van der Waals surface area contributed by atoms with E-state index in [9.17, 15) is 0 Å². The highest BCUT2D eigenvalue weighted by Crippen LogP contribution is 2.42. The minimum atomic E-state index is 0.377. The van der Waals surface area contributed by atoms with Gasteiger partial charge in [0.1, 0.15) is 0 Å². The van der Waals surface area contributed by atoms with Crippen molar-refractivity contribution in [1.29, 1.82) is 0 Å². The Balaban J connectivity index is 2.70. The SMILES string of the molecule is CCCSN1C(C)(C)CCCC1(C)C. The zero-order valence-electron chi connectivity index (χ0n) is 10.4. The summed E-state index contributed by atoms with van der Waals surface area (Å²) in [7, 11) is 0. The molecule has 0 amide bonds. The van der Waals surface area contributed by atoms with Crippen LogP contribution < -0.4 is 0 Å². The number of rotatable bonds is 3. The molecular formula is C12H25NS. The summed E-state index contributed by atoms with van der Waals surface area (Å²) in [6.45, 7) is 11.8. The maximum Gasteiger partial charge on any atom is 0.0263 e. The van der Waals surface area contributed by atoms with E-state index in [4.69, 9.17) is 0 Å². The van der Waals surface area contributed by atoms with Gasteiger partial charge in [-0.1, -0.05) is 18.9 Å². The van der Waals surface area contributed by atoms with Gasteiger partial charge < -0.3 is 0 Å². The van der Waals surface area contributed by atoms with E-state index in [1.54, 1.807) is 0 Å². The summed E-state index contributed by atoms with van der Waals surface area (Å²) in [6.07, 6.45) is 5.33. The van der Waals surface area contributed by atoms with Crippen molar-refractivity contribution in [1.82, 2.24) is 4.31 Å². The summed E-state index contributed by atoms with van der Waals surface area (Å²) in [5.74, 6) is 1.26. The molecule has 1 rings (SSSR count). The smallest absolute Gasteiger partial charge is 0.0263 e. The summed E-state index contributed by atoms with van der Waals surface area (Å²) >= 11 is 2.04. The van der Waals surface area contributed by atoms with Gasteiger partial charge >= 0.3 is 0 Å². The van der Waals surface area contributed by atoms with E-state index >= 15 is 0 Å². The van der Waals surface area contributed by atoms with Crippen LogP contribution >= 0.6 is 11.9 Å². The molecule has 1 heterocycles. The van der Waals surface area contributed by atoms with Gasteiger partial charge in [-0.25, -0.2) is 4.31 Å². The second-order valence-electron chi connectivity index (χ2n) is 5.61. The average Bonchev–Trinajstić information content (AvgIpc) is 2.01. The Morgan fingerprint density at radius 1 is 1.07 bits per heavy atom. The average molecular weight is 215 g/mol. The van der Waals surface area contributed by atoms with Crippen LogP contribution in [0.2, 0.25) is 0 Å². The molecule has 84 valence electrons. The Kier molecular flexibility index (Phi) is 3.93. The molecule has 0 aromatic carbocycles. The lowest BCUT2D eigenvalue weighted by molar-refractivity contribution is 0.0677. The molecule has 1 fully saturated rings. The van der Waals surface area contributed by atoms with E-state index < -0.39 is 0 Å². The lowest BCUT2D eigenvalue weighted by Gasteiger charge is -2.51. The Morgan fingerprint density at radius 2 is 1.57 bits per heavy atom. The molecule has 2 heteroatoms. The van der Waals surface area contributed by atoms with Crippen molar-refractivity contribution < 1.29 is 0 Å². The predicted molar refractivity (Wildman–Crippen MR) is 66.6 cm³/mol. The first-order valence-electron chi connectivity index (χ1n) is 5.83. The van der Waals surface area contributed by atoms with Crippen LogP contribution in [0.25, 0.3) is 0 Å². The van der Waals surface area contributed by atoms with E-state index in [1.165, 1.54) is 31.4 Å². The van der Waals surface area contributed by atoms with Gasteiger partial charge in [-0.15, -0.1) is 0 Å². The second kappa shape index (κ2) is 4.44. The molecule has 1 aliphatic heterocycles. The van der Waals surface area contributed by atoms with Crippen LogP contribution in [-0.2, 0) is 0 Å². The molecule has 0 atom stereocenters. The lowest BCUT2D eigenvalue weighted by Crippen LogP contribution is -2.54. The minimum absolute atomic E-state index is 0.377. The maximum absolute atomic E-state index is 2.65. The number of hydrogen-bond acceptors (Lipinski definition) is 2. The van der Waals surface area contributed by atoms with Crippen LogP contribution in [-0.4, -0.2) is 21.1 Å². The van der Waals surface area contributed by atoms with Gasteiger partial charge in [-0.3, -0.25) is 0 Å². The minimum Gasteiger partial charge on any atom is -0.239 e. The zero-order chi connectivity index (χ0) is 10.8. The van der Waals surface area contributed by atoms with Gasteiger partial charge in [-0.05, 0) is 53.4 Å². The first-order chi connectivity index (χ1) is 6.40. The van der Waals surface area contributed by atoms with Crippen LogP contribution in [0.5, 0.6) is 0 Å². The Bertz CT molecular complexity index is 171. The van der Waals surface area contributed by atoms with Crippen molar-refractivity contribution in [3.05, 3.63) is 0 Å². The van der Waals surface area contributed by atoms with Gasteiger partial charge in [0.05, 0.1) is 0 Å². The summed E-state index contributed by atoms with van der Waals surface area (Å²) in [6, 6.07) is 0. The van der Waals surface area contributed by atoms with E-state index in [1.807, 2.05) is 11.9 Å². The quantitative estimate of drug-likeness (QED) is 0.652. The maximum atomic E-state index is 2.65. The van der Waals surface area contributed by atoms with Crippen molar-refractivity contribution >= 4 is 11.9 Å². The lowest BCUT2D eigenvalue weighted by atomic mass is 9.83. The number of nitrogens with zero attached hydrogens (tertiary/aromatic N) is 1. The van der Waals surface area contributed by atoms with Crippen molar-refractivity contribution in [2.45, 2.75) is 71.4 Å². The Labute approximate surface area is 93.8 Å². The Morgan fingerprint density at radius 3 is 2.00 bits per heavy atom. The zero-order valence-corrected chi connectivity index (χ0v) is 11.2. The summed E-state index contributed by atoms with van der Waals surface area (Å²) in [5, 5.41) is 0. The molecule has 0 saturated carbocycles. The third-order valence-electron chi connectivity index (χ3n) is 3.10. The van der Waals surface area contributed by atoms with Gasteiger partial charge in [0.2, 0.25) is 0 Å². The summed E-state index contributed by atoms with van der Waals surface area (Å²) in [5.41, 5.74) is 0.753. The van der Waals surface area contributed by atoms with Gasteiger partial charge in [-0.2, -0.15) is 0 Å². The van der Waals surface area contributed by atoms with E-state index in [2.05, 4.69) is 38.9 Å². The summed E-state index contributed by atoms with van der Waals surface area (Å²) in [4.78, 5) is 0. The largest absolute Gasteiger partial charge is 0.239 e. The molecule has 0 spiro atoms. The molecule has 1 saturated heterocycles. The van der Waals surface area contributed by atoms with Crippen molar-refractivity contribution in [2.75, 3.05) is 5.75 Å². The van der Waals surface area contributed by atoms with Gasteiger partial charge in [0.25, 0.3) is 0 Å². The van der Waals surface area contributed by atoms with Crippen molar-refractivity contribution in [2.24, 2.45) is 0 Å². The molecule has 0 aliphatic carbocycles. The van der Waals surface area contributed by atoms with E-state index in [-0.39, 0.29) is 0 Å². The second-order valence-corrected chi connectivity index (χ2v) is 6.64. The van der Waals surface area contributed by atoms with Crippen LogP contribution in [0.3, 0.4) is 0 Å². The molecule has 1 nitrogen and oxygen atoms in total. The first kappa shape index (κ1) is 12.4. The van der Waals surface area contributed by atoms with Gasteiger partial charge in [0, 0.05) is 16.8 Å². The molecule has 0 bridgehead atoms. The number of piperidine rings is 1. The standard InChI is InChI=1S/C12H25NS/c1-6-10-14-13-11(2,3)8-7-9-12(13,4)5/h6-10H2,1-5H3. The molecule has 0 aromatic rings. The molecule has 0 N–H and O–H groups in total. The van der Waals surface area contributed by atoms with Crippen molar-refractivity contribution in [3.8, 4) is 0 Å². The summed E-state index contributed by atoms with van der Waals surface area (Å²) < 4.78 is 2.65. The molecular weight excluding hydrogens is 190 g/mol. The van der Waals surface area contributed by atoms with Gasteiger partial charge in [0.15, 0.2) is 0 Å².